The molecular formula is C14H19N5O. The van der Waals surface area contributed by atoms with Crippen molar-refractivity contribution < 1.29 is 4.79 Å². The van der Waals surface area contributed by atoms with Crippen molar-refractivity contribution >= 4 is 17.4 Å². The van der Waals surface area contributed by atoms with Gasteiger partial charge in [0.05, 0.1) is 11.9 Å². The van der Waals surface area contributed by atoms with Gasteiger partial charge in [-0.2, -0.15) is 5.10 Å². The summed E-state index contributed by atoms with van der Waals surface area (Å²) in [4.78, 5) is 16.4. The number of pyridine rings is 1. The van der Waals surface area contributed by atoms with E-state index in [4.69, 9.17) is 0 Å². The lowest BCUT2D eigenvalue weighted by Gasteiger charge is -2.06. The van der Waals surface area contributed by atoms with Gasteiger partial charge in [0.25, 0.3) is 5.91 Å². The van der Waals surface area contributed by atoms with Crippen molar-refractivity contribution in [3.63, 3.8) is 0 Å². The van der Waals surface area contributed by atoms with E-state index in [0.717, 1.165) is 19.5 Å². The van der Waals surface area contributed by atoms with Crippen LogP contribution in [0.5, 0.6) is 0 Å². The standard InChI is InChI=1S/C14H19N5O/c1-3-8-15-13-7-5-6-12(18-13)14(20)17-11-9-16-19(4-2)10-11/h5-7,9-10H,3-4,8H2,1-2H3,(H,15,18)(H,17,20). The number of carbonyl (C=O) groups excluding carboxylic acids is 1. The number of aromatic nitrogens is 3. The Labute approximate surface area is 118 Å². The number of hydrogen-bond donors (Lipinski definition) is 2. The SMILES string of the molecule is CCCNc1cccc(C(=O)Nc2cnn(CC)c2)n1. The number of hydrogen-bond acceptors (Lipinski definition) is 4. The number of nitrogens with zero attached hydrogens (tertiary/aromatic N) is 3. The van der Waals surface area contributed by atoms with Crippen molar-refractivity contribution in [1.29, 1.82) is 0 Å². The van der Waals surface area contributed by atoms with Gasteiger partial charge in [0.2, 0.25) is 0 Å². The van der Waals surface area contributed by atoms with Gasteiger partial charge < -0.3 is 10.6 Å². The van der Waals surface area contributed by atoms with E-state index in [1.54, 1.807) is 23.1 Å². The van der Waals surface area contributed by atoms with E-state index in [0.29, 0.717) is 17.2 Å². The van der Waals surface area contributed by atoms with E-state index >= 15 is 0 Å². The largest absolute Gasteiger partial charge is 0.370 e. The molecule has 0 atom stereocenters. The summed E-state index contributed by atoms with van der Waals surface area (Å²) in [5, 5.41) is 10.1. The Balaban J connectivity index is 2.04. The van der Waals surface area contributed by atoms with Gasteiger partial charge in [0.15, 0.2) is 0 Å². The molecule has 1 amide bonds. The van der Waals surface area contributed by atoms with Crippen LogP contribution in [0.15, 0.2) is 30.6 Å². The number of nitrogens with one attached hydrogen (secondary N) is 2. The quantitative estimate of drug-likeness (QED) is 0.847. The van der Waals surface area contributed by atoms with E-state index in [1.807, 2.05) is 19.1 Å². The Hall–Kier alpha value is -2.37. The van der Waals surface area contributed by atoms with Crippen LogP contribution in [-0.2, 0) is 6.54 Å². The summed E-state index contributed by atoms with van der Waals surface area (Å²) in [5.74, 6) is 0.476. The highest BCUT2D eigenvalue weighted by Crippen LogP contribution is 2.09. The fraction of sp³-hybridized carbons (Fsp3) is 0.357. The maximum absolute atomic E-state index is 12.1. The molecular weight excluding hydrogens is 254 g/mol. The van der Waals surface area contributed by atoms with Crippen LogP contribution in [0.1, 0.15) is 30.8 Å². The first kappa shape index (κ1) is 14.0. The van der Waals surface area contributed by atoms with Crippen LogP contribution in [0.2, 0.25) is 0 Å². The molecule has 106 valence electrons. The Morgan fingerprint density at radius 1 is 1.35 bits per heavy atom. The van der Waals surface area contributed by atoms with E-state index in [2.05, 4.69) is 27.6 Å². The lowest BCUT2D eigenvalue weighted by atomic mass is 10.3. The van der Waals surface area contributed by atoms with Gasteiger partial charge in [-0.1, -0.05) is 13.0 Å². The van der Waals surface area contributed by atoms with Crippen molar-refractivity contribution in [2.45, 2.75) is 26.8 Å². The highest BCUT2D eigenvalue weighted by Gasteiger charge is 2.09. The normalized spacial score (nSPS) is 10.3. The molecule has 2 heterocycles. The Kier molecular flexibility index (Phi) is 4.70. The first-order chi connectivity index (χ1) is 9.72. The molecule has 0 aliphatic rings. The second kappa shape index (κ2) is 6.70. The lowest BCUT2D eigenvalue weighted by molar-refractivity contribution is 0.102. The number of anilines is 2. The average Bonchev–Trinajstić information content (AvgIpc) is 2.93. The Morgan fingerprint density at radius 2 is 2.20 bits per heavy atom. The molecule has 2 rings (SSSR count). The highest BCUT2D eigenvalue weighted by atomic mass is 16.1. The zero-order valence-corrected chi connectivity index (χ0v) is 11.8. The fourth-order valence-corrected chi connectivity index (χ4v) is 1.71. The van der Waals surface area contributed by atoms with Gasteiger partial charge in [-0.3, -0.25) is 9.48 Å². The molecule has 0 saturated heterocycles. The molecule has 0 fully saturated rings. The molecule has 20 heavy (non-hydrogen) atoms. The van der Waals surface area contributed by atoms with Crippen LogP contribution in [0, 0.1) is 0 Å². The predicted octanol–water partition coefficient (Wildman–Crippen LogP) is 2.37. The van der Waals surface area contributed by atoms with Gasteiger partial charge in [-0.25, -0.2) is 4.98 Å². The van der Waals surface area contributed by atoms with Crippen molar-refractivity contribution in [2.75, 3.05) is 17.2 Å². The summed E-state index contributed by atoms with van der Waals surface area (Å²) < 4.78 is 1.75. The van der Waals surface area contributed by atoms with Gasteiger partial charge in [-0.05, 0) is 25.5 Å². The molecule has 6 nitrogen and oxygen atoms in total. The van der Waals surface area contributed by atoms with Crippen LogP contribution in [0.25, 0.3) is 0 Å². The second-order valence-corrected chi connectivity index (χ2v) is 4.37. The lowest BCUT2D eigenvalue weighted by Crippen LogP contribution is -2.14. The van der Waals surface area contributed by atoms with Crippen molar-refractivity contribution in [1.82, 2.24) is 14.8 Å². The Morgan fingerprint density at radius 3 is 2.90 bits per heavy atom. The van der Waals surface area contributed by atoms with Crippen LogP contribution in [0.3, 0.4) is 0 Å². The zero-order chi connectivity index (χ0) is 14.4. The molecule has 2 aromatic heterocycles. The van der Waals surface area contributed by atoms with Gasteiger partial charge in [0, 0.05) is 19.3 Å². The summed E-state index contributed by atoms with van der Waals surface area (Å²) in [6.07, 6.45) is 4.42. The maximum atomic E-state index is 12.1. The summed E-state index contributed by atoms with van der Waals surface area (Å²) >= 11 is 0. The minimum atomic E-state index is -0.235. The van der Waals surface area contributed by atoms with E-state index in [9.17, 15) is 4.79 Å². The highest BCUT2D eigenvalue weighted by molar-refractivity contribution is 6.02. The summed E-state index contributed by atoms with van der Waals surface area (Å²) in [7, 11) is 0. The summed E-state index contributed by atoms with van der Waals surface area (Å²) in [5.41, 5.74) is 1.06. The van der Waals surface area contributed by atoms with Crippen LogP contribution >= 0.6 is 0 Å². The van der Waals surface area contributed by atoms with Gasteiger partial charge >= 0.3 is 0 Å². The van der Waals surface area contributed by atoms with Gasteiger partial charge in [0.1, 0.15) is 11.5 Å². The molecule has 0 unspecified atom stereocenters. The Bertz CT molecular complexity index is 578. The first-order valence-electron chi connectivity index (χ1n) is 6.77. The zero-order valence-electron chi connectivity index (χ0n) is 11.8. The van der Waals surface area contributed by atoms with E-state index in [1.165, 1.54) is 0 Å². The molecule has 0 aliphatic heterocycles. The molecule has 0 spiro atoms. The average molecular weight is 273 g/mol. The van der Waals surface area contributed by atoms with Crippen LogP contribution in [-0.4, -0.2) is 27.2 Å². The molecule has 0 bridgehead atoms. The summed E-state index contributed by atoms with van der Waals surface area (Å²) in [6, 6.07) is 5.35. The third-order valence-corrected chi connectivity index (χ3v) is 2.75. The number of aryl methyl sites for hydroxylation is 1. The molecule has 0 radical (unpaired) electrons. The van der Waals surface area contributed by atoms with Crippen molar-refractivity contribution in [3.05, 3.63) is 36.3 Å². The van der Waals surface area contributed by atoms with Crippen molar-refractivity contribution in [2.24, 2.45) is 0 Å². The third-order valence-electron chi connectivity index (χ3n) is 2.75. The first-order valence-corrected chi connectivity index (χ1v) is 6.77. The van der Waals surface area contributed by atoms with Crippen molar-refractivity contribution in [3.8, 4) is 0 Å². The predicted molar refractivity (Wildman–Crippen MR) is 78.9 cm³/mol. The molecule has 0 saturated carbocycles. The smallest absolute Gasteiger partial charge is 0.274 e. The minimum absolute atomic E-state index is 0.235. The molecule has 0 aliphatic carbocycles. The maximum Gasteiger partial charge on any atom is 0.274 e. The third kappa shape index (κ3) is 3.57. The molecule has 2 N–H and O–H groups in total. The molecule has 2 aromatic rings. The van der Waals surface area contributed by atoms with E-state index < -0.39 is 0 Å². The monoisotopic (exact) mass is 273 g/mol. The topological polar surface area (TPSA) is 71.8 Å². The van der Waals surface area contributed by atoms with Crippen LogP contribution in [0.4, 0.5) is 11.5 Å². The molecule has 0 aromatic carbocycles. The van der Waals surface area contributed by atoms with E-state index in [-0.39, 0.29) is 5.91 Å². The minimum Gasteiger partial charge on any atom is -0.370 e. The molecule has 6 heteroatoms. The fourth-order valence-electron chi connectivity index (χ4n) is 1.71. The number of amides is 1. The second-order valence-electron chi connectivity index (χ2n) is 4.37. The number of rotatable bonds is 6. The number of carbonyl (C=O) groups is 1. The van der Waals surface area contributed by atoms with Gasteiger partial charge in [-0.15, -0.1) is 0 Å². The van der Waals surface area contributed by atoms with Crippen LogP contribution < -0.4 is 10.6 Å². The summed E-state index contributed by atoms with van der Waals surface area (Å²) in [6.45, 7) is 5.67.